The van der Waals surface area contributed by atoms with Crippen molar-refractivity contribution in [2.75, 3.05) is 25.9 Å². The van der Waals surface area contributed by atoms with Gasteiger partial charge in [-0.15, -0.1) is 0 Å². The van der Waals surface area contributed by atoms with Crippen LogP contribution in [0.3, 0.4) is 0 Å². The SMILES string of the molecule is CCOC(OCC)P(=O)(O)C[C@H](O)CNC(C)c1cccc(C(=O)O)c1. The van der Waals surface area contributed by atoms with E-state index in [1.807, 2.05) is 6.92 Å². The Morgan fingerprint density at radius 2 is 1.88 bits per heavy atom. The summed E-state index contributed by atoms with van der Waals surface area (Å²) in [4.78, 5) is 21.2. The molecule has 2 unspecified atom stereocenters. The molecule has 1 aromatic rings. The van der Waals surface area contributed by atoms with E-state index in [1.54, 1.807) is 32.0 Å². The van der Waals surface area contributed by atoms with E-state index in [0.717, 1.165) is 5.56 Å². The Morgan fingerprint density at radius 3 is 2.42 bits per heavy atom. The fraction of sp³-hybridized carbons (Fsp3) is 0.588. The van der Waals surface area contributed by atoms with E-state index < -0.39 is 25.5 Å². The summed E-state index contributed by atoms with van der Waals surface area (Å²) in [5.74, 6) is -1.02. The first-order valence-electron chi connectivity index (χ1n) is 8.50. The van der Waals surface area contributed by atoms with Crippen molar-refractivity contribution in [1.29, 1.82) is 0 Å². The van der Waals surface area contributed by atoms with E-state index in [9.17, 15) is 19.4 Å². The molecular weight excluding hydrogens is 361 g/mol. The van der Waals surface area contributed by atoms with Crippen LogP contribution >= 0.6 is 7.37 Å². The van der Waals surface area contributed by atoms with E-state index in [-0.39, 0.29) is 37.5 Å². The molecule has 0 aliphatic heterocycles. The van der Waals surface area contributed by atoms with Gasteiger partial charge in [-0.1, -0.05) is 12.1 Å². The van der Waals surface area contributed by atoms with Crippen LogP contribution in [-0.2, 0) is 14.0 Å². The van der Waals surface area contributed by atoms with E-state index in [2.05, 4.69) is 5.32 Å². The van der Waals surface area contributed by atoms with Gasteiger partial charge in [-0.05, 0) is 38.5 Å². The maximum atomic E-state index is 12.4. The zero-order valence-electron chi connectivity index (χ0n) is 15.3. The lowest BCUT2D eigenvalue weighted by atomic mass is 10.1. The van der Waals surface area contributed by atoms with Gasteiger partial charge in [0, 0.05) is 25.8 Å². The van der Waals surface area contributed by atoms with Crippen molar-refractivity contribution in [3.05, 3.63) is 35.4 Å². The molecule has 8 nitrogen and oxygen atoms in total. The predicted molar refractivity (Wildman–Crippen MR) is 97.6 cm³/mol. The van der Waals surface area contributed by atoms with Crippen LogP contribution in [-0.4, -0.2) is 59.1 Å². The van der Waals surface area contributed by atoms with E-state index in [1.165, 1.54) is 6.07 Å². The summed E-state index contributed by atoms with van der Waals surface area (Å²) in [5, 5.41) is 22.2. The highest BCUT2D eigenvalue weighted by atomic mass is 31.2. The highest BCUT2D eigenvalue weighted by Gasteiger charge is 2.34. The molecule has 0 radical (unpaired) electrons. The first-order chi connectivity index (χ1) is 12.2. The van der Waals surface area contributed by atoms with Crippen LogP contribution in [0.25, 0.3) is 0 Å². The smallest absolute Gasteiger partial charge is 0.335 e. The third kappa shape index (κ3) is 7.15. The minimum atomic E-state index is -3.86. The van der Waals surface area contributed by atoms with Crippen molar-refractivity contribution in [2.24, 2.45) is 0 Å². The molecule has 0 amide bonds. The standard InChI is InChI=1S/C17H28NO7P/c1-4-24-17(25-5-2)26(22,23)11-15(19)10-18-12(3)13-7-6-8-14(9-13)16(20)21/h6-9,12,15,17-19H,4-5,10-11H2,1-3H3,(H,20,21)(H,22,23)/t12?,15-/m1/s1. The Labute approximate surface area is 153 Å². The third-order valence-corrected chi connectivity index (χ3v) is 5.62. The maximum Gasteiger partial charge on any atom is 0.335 e. The molecule has 0 fully saturated rings. The van der Waals surface area contributed by atoms with Crippen LogP contribution in [0.2, 0.25) is 0 Å². The van der Waals surface area contributed by atoms with Gasteiger partial charge in [0.15, 0.2) is 0 Å². The van der Waals surface area contributed by atoms with Crippen molar-refractivity contribution >= 4 is 13.3 Å². The van der Waals surface area contributed by atoms with E-state index >= 15 is 0 Å². The lowest BCUT2D eigenvalue weighted by molar-refractivity contribution is -0.0876. The highest BCUT2D eigenvalue weighted by Crippen LogP contribution is 2.47. The van der Waals surface area contributed by atoms with Crippen LogP contribution in [0.15, 0.2) is 24.3 Å². The first-order valence-corrected chi connectivity index (χ1v) is 10.4. The molecule has 0 spiro atoms. The molecular formula is C17H28NO7P. The van der Waals surface area contributed by atoms with Crippen LogP contribution in [0, 0.1) is 0 Å². The third-order valence-electron chi connectivity index (χ3n) is 3.71. The summed E-state index contributed by atoms with van der Waals surface area (Å²) in [6.07, 6.45) is -1.45. The van der Waals surface area contributed by atoms with Gasteiger partial charge >= 0.3 is 5.97 Å². The predicted octanol–water partition coefficient (Wildman–Crippen LogP) is 2.02. The normalized spacial score (nSPS) is 16.2. The van der Waals surface area contributed by atoms with Gasteiger partial charge in [-0.2, -0.15) is 0 Å². The van der Waals surface area contributed by atoms with Crippen molar-refractivity contribution < 1.29 is 33.9 Å². The fourth-order valence-corrected chi connectivity index (χ4v) is 4.06. The van der Waals surface area contributed by atoms with Gasteiger partial charge in [0.25, 0.3) is 7.37 Å². The van der Waals surface area contributed by atoms with Crippen molar-refractivity contribution in [2.45, 2.75) is 38.9 Å². The van der Waals surface area contributed by atoms with Crippen LogP contribution in [0.5, 0.6) is 0 Å². The largest absolute Gasteiger partial charge is 0.478 e. The van der Waals surface area contributed by atoms with Gasteiger partial charge in [-0.25, -0.2) is 4.79 Å². The van der Waals surface area contributed by atoms with Gasteiger partial charge < -0.3 is 29.9 Å². The summed E-state index contributed by atoms with van der Waals surface area (Å²) in [7, 11) is -3.86. The van der Waals surface area contributed by atoms with Crippen LogP contribution in [0.1, 0.15) is 42.7 Å². The zero-order valence-corrected chi connectivity index (χ0v) is 16.2. The number of ether oxygens (including phenoxy) is 2. The zero-order chi connectivity index (χ0) is 19.7. The van der Waals surface area contributed by atoms with Gasteiger partial charge in [0.05, 0.1) is 17.8 Å². The quantitative estimate of drug-likeness (QED) is 0.316. The molecule has 3 atom stereocenters. The monoisotopic (exact) mass is 389 g/mol. The molecule has 1 rings (SSSR count). The molecule has 0 saturated carbocycles. The fourth-order valence-electron chi connectivity index (χ4n) is 2.39. The molecule has 0 heterocycles. The Bertz CT molecular complexity index is 619. The Morgan fingerprint density at radius 1 is 1.27 bits per heavy atom. The number of nitrogens with one attached hydrogen (secondary N) is 1. The number of aliphatic hydroxyl groups is 1. The summed E-state index contributed by atoms with van der Waals surface area (Å²) in [6, 6.07) is 4.96. The number of rotatable bonds is 12. The maximum absolute atomic E-state index is 12.4. The Kier molecular flexibility index (Phi) is 9.43. The van der Waals surface area contributed by atoms with Gasteiger partial charge in [0.1, 0.15) is 0 Å². The lowest BCUT2D eigenvalue weighted by Gasteiger charge is -2.25. The van der Waals surface area contributed by atoms with Crippen LogP contribution < -0.4 is 5.32 Å². The first kappa shape index (κ1) is 22.8. The number of benzene rings is 1. The number of aromatic carboxylic acids is 1. The summed E-state index contributed by atoms with van der Waals surface area (Å²) < 4.78 is 22.7. The molecule has 4 N–H and O–H groups in total. The number of aliphatic hydroxyl groups excluding tert-OH is 1. The molecule has 1 aromatic carbocycles. The Hall–Kier alpha value is -1.28. The topological polar surface area (TPSA) is 125 Å². The van der Waals surface area contributed by atoms with Crippen LogP contribution in [0.4, 0.5) is 0 Å². The average Bonchev–Trinajstić information content (AvgIpc) is 2.59. The molecule has 0 bridgehead atoms. The molecule has 9 heteroatoms. The second kappa shape index (κ2) is 10.8. The molecule has 0 aliphatic carbocycles. The molecule has 0 aliphatic rings. The molecule has 148 valence electrons. The highest BCUT2D eigenvalue weighted by molar-refractivity contribution is 7.58. The number of hydrogen-bond donors (Lipinski definition) is 4. The van der Waals surface area contributed by atoms with Gasteiger partial charge in [-0.3, -0.25) is 4.57 Å². The van der Waals surface area contributed by atoms with E-state index in [4.69, 9.17) is 14.6 Å². The number of carbonyl (C=O) groups is 1. The summed E-state index contributed by atoms with van der Waals surface area (Å²) in [6.45, 7) is 5.71. The van der Waals surface area contributed by atoms with Crippen molar-refractivity contribution in [3.8, 4) is 0 Å². The van der Waals surface area contributed by atoms with Crippen molar-refractivity contribution in [3.63, 3.8) is 0 Å². The average molecular weight is 389 g/mol. The second-order valence-corrected chi connectivity index (χ2v) is 8.17. The minimum Gasteiger partial charge on any atom is -0.478 e. The Balaban J connectivity index is 2.62. The number of carboxylic acid groups (broad SMARTS) is 1. The summed E-state index contributed by atoms with van der Waals surface area (Å²) in [5.41, 5.74) is 0.915. The minimum absolute atomic E-state index is 0.0635. The summed E-state index contributed by atoms with van der Waals surface area (Å²) >= 11 is 0. The molecule has 0 aromatic heterocycles. The van der Waals surface area contributed by atoms with Crippen molar-refractivity contribution in [1.82, 2.24) is 5.32 Å². The number of carboxylic acids is 1. The van der Waals surface area contributed by atoms with E-state index in [0.29, 0.717) is 0 Å². The second-order valence-electron chi connectivity index (χ2n) is 5.87. The lowest BCUT2D eigenvalue weighted by Crippen LogP contribution is -2.33. The molecule has 26 heavy (non-hydrogen) atoms. The molecule has 0 saturated heterocycles. The van der Waals surface area contributed by atoms with Gasteiger partial charge in [0.2, 0.25) is 6.03 Å². The number of hydrogen-bond acceptors (Lipinski definition) is 6.